The molecule has 1 fully saturated rings. The van der Waals surface area contributed by atoms with Gasteiger partial charge in [0, 0.05) is 54.8 Å². The Morgan fingerprint density at radius 2 is 1.47 bits per heavy atom. The molecule has 0 aromatic heterocycles. The molecule has 1 saturated heterocycles. The molecule has 1 amide bonds. The fourth-order valence-corrected chi connectivity index (χ4v) is 5.61. The lowest BCUT2D eigenvalue weighted by Gasteiger charge is -2.47. The van der Waals surface area contributed by atoms with Crippen LogP contribution < -0.4 is 0 Å². The van der Waals surface area contributed by atoms with E-state index in [-0.39, 0.29) is 11.9 Å². The molecule has 0 spiro atoms. The molecule has 0 radical (unpaired) electrons. The third-order valence-electron chi connectivity index (χ3n) is 7.43. The van der Waals surface area contributed by atoms with Gasteiger partial charge in [-0.15, -0.1) is 0 Å². The molecule has 3 aromatic rings. The number of halogens is 1. The van der Waals surface area contributed by atoms with E-state index in [4.69, 9.17) is 0 Å². The number of rotatable bonds is 8. The predicted octanol–water partition coefficient (Wildman–Crippen LogP) is 6.62. The minimum Gasteiger partial charge on any atom is -0.339 e. The Hall–Kier alpha value is -2.47. The monoisotopic (exact) mass is 547 g/mol. The van der Waals surface area contributed by atoms with Gasteiger partial charge >= 0.3 is 0 Å². The zero-order valence-corrected chi connectivity index (χ0v) is 23.5. The standard InChI is InChI=1S/C31H38BrN3O/c1-5-33(6-2)31(36)28-16-14-27(15-17-28)30(26-10-8-7-9-11-26)35-21-23(3)34(20-24(35)4)22-25-12-18-29(32)19-13-25/h7-19,23-24,30H,5-6,20-22H2,1-4H3/t23-,24+,30-/m1/s1. The maximum atomic E-state index is 12.9. The molecule has 4 nitrogen and oxygen atoms in total. The van der Waals surface area contributed by atoms with Gasteiger partial charge in [0.05, 0.1) is 6.04 Å². The highest BCUT2D eigenvalue weighted by molar-refractivity contribution is 9.10. The Kier molecular flexibility index (Phi) is 9.00. The summed E-state index contributed by atoms with van der Waals surface area (Å²) in [6, 6.07) is 28.7. The summed E-state index contributed by atoms with van der Waals surface area (Å²) in [5, 5.41) is 0. The number of piperazine rings is 1. The van der Waals surface area contributed by atoms with Crippen LogP contribution in [0.4, 0.5) is 0 Å². The van der Waals surface area contributed by atoms with Gasteiger partial charge in [0.15, 0.2) is 0 Å². The molecule has 0 N–H and O–H groups in total. The summed E-state index contributed by atoms with van der Waals surface area (Å²) in [6.07, 6.45) is 0. The molecule has 0 bridgehead atoms. The van der Waals surface area contributed by atoms with E-state index in [0.717, 1.165) is 42.8 Å². The van der Waals surface area contributed by atoms with Crippen LogP contribution in [0, 0.1) is 0 Å². The highest BCUT2D eigenvalue weighted by Crippen LogP contribution is 2.34. The Balaban J connectivity index is 1.58. The lowest BCUT2D eigenvalue weighted by Crippen LogP contribution is -2.56. The van der Waals surface area contributed by atoms with E-state index in [1.54, 1.807) is 0 Å². The number of benzene rings is 3. The highest BCUT2D eigenvalue weighted by atomic mass is 79.9. The molecule has 3 atom stereocenters. The lowest BCUT2D eigenvalue weighted by atomic mass is 9.92. The number of nitrogens with zero attached hydrogens (tertiary/aromatic N) is 3. The average molecular weight is 549 g/mol. The molecule has 1 heterocycles. The second-order valence-corrected chi connectivity index (χ2v) is 10.8. The van der Waals surface area contributed by atoms with Gasteiger partial charge in [-0.1, -0.05) is 70.5 Å². The van der Waals surface area contributed by atoms with Crippen molar-refractivity contribution in [2.45, 2.75) is 52.4 Å². The van der Waals surface area contributed by atoms with Gasteiger partial charge in [-0.2, -0.15) is 0 Å². The molecule has 0 unspecified atom stereocenters. The first-order chi connectivity index (χ1) is 17.4. The minimum absolute atomic E-state index is 0.103. The second kappa shape index (κ2) is 12.2. The quantitative estimate of drug-likeness (QED) is 0.317. The van der Waals surface area contributed by atoms with Crippen LogP contribution in [0.5, 0.6) is 0 Å². The Morgan fingerprint density at radius 3 is 2.08 bits per heavy atom. The Bertz CT molecular complexity index is 1110. The van der Waals surface area contributed by atoms with Crippen LogP contribution in [-0.2, 0) is 6.54 Å². The maximum absolute atomic E-state index is 12.9. The number of hydrogen-bond donors (Lipinski definition) is 0. The van der Waals surface area contributed by atoms with Gasteiger partial charge < -0.3 is 4.90 Å². The lowest BCUT2D eigenvalue weighted by molar-refractivity contribution is 0.0195. The molecule has 0 aliphatic carbocycles. The number of hydrogen-bond acceptors (Lipinski definition) is 3. The third kappa shape index (κ3) is 6.08. The summed E-state index contributed by atoms with van der Waals surface area (Å²) in [7, 11) is 0. The molecule has 4 rings (SSSR count). The Morgan fingerprint density at radius 1 is 0.861 bits per heavy atom. The van der Waals surface area contributed by atoms with Crippen molar-refractivity contribution in [1.82, 2.24) is 14.7 Å². The van der Waals surface area contributed by atoms with E-state index in [1.807, 2.05) is 30.9 Å². The average Bonchev–Trinajstić information content (AvgIpc) is 2.90. The van der Waals surface area contributed by atoms with Crippen molar-refractivity contribution in [3.8, 4) is 0 Å². The smallest absolute Gasteiger partial charge is 0.253 e. The summed E-state index contributed by atoms with van der Waals surface area (Å²) in [4.78, 5) is 20.0. The fraction of sp³-hybridized carbons (Fsp3) is 0.387. The van der Waals surface area contributed by atoms with Gasteiger partial charge in [-0.05, 0) is 68.7 Å². The summed E-state index contributed by atoms with van der Waals surface area (Å²) < 4.78 is 1.12. The second-order valence-electron chi connectivity index (χ2n) is 9.86. The molecular formula is C31H38BrN3O. The number of amides is 1. The van der Waals surface area contributed by atoms with Crippen molar-refractivity contribution in [3.05, 3.63) is 106 Å². The third-order valence-corrected chi connectivity index (χ3v) is 7.96. The number of carbonyl (C=O) groups excluding carboxylic acids is 1. The zero-order valence-electron chi connectivity index (χ0n) is 21.9. The summed E-state index contributed by atoms with van der Waals surface area (Å²) >= 11 is 3.55. The van der Waals surface area contributed by atoms with Crippen molar-refractivity contribution >= 4 is 21.8 Å². The van der Waals surface area contributed by atoms with E-state index in [9.17, 15) is 4.79 Å². The fourth-order valence-electron chi connectivity index (χ4n) is 5.34. The van der Waals surface area contributed by atoms with E-state index < -0.39 is 0 Å². The molecule has 5 heteroatoms. The van der Waals surface area contributed by atoms with Crippen molar-refractivity contribution in [3.63, 3.8) is 0 Å². The van der Waals surface area contributed by atoms with Gasteiger partial charge in [-0.3, -0.25) is 14.6 Å². The van der Waals surface area contributed by atoms with Crippen molar-refractivity contribution in [1.29, 1.82) is 0 Å². The molecule has 36 heavy (non-hydrogen) atoms. The minimum atomic E-state index is 0.103. The summed E-state index contributed by atoms with van der Waals surface area (Å²) in [6.45, 7) is 13.1. The largest absolute Gasteiger partial charge is 0.339 e. The molecule has 190 valence electrons. The highest BCUT2D eigenvalue weighted by Gasteiger charge is 2.34. The van der Waals surface area contributed by atoms with E-state index in [1.165, 1.54) is 16.7 Å². The SMILES string of the molecule is CCN(CC)C(=O)c1ccc([C@@H](c2ccccc2)N2C[C@@H](C)N(Cc3ccc(Br)cc3)C[C@@H]2C)cc1. The molecular weight excluding hydrogens is 510 g/mol. The van der Waals surface area contributed by atoms with Crippen LogP contribution in [0.15, 0.2) is 83.3 Å². The van der Waals surface area contributed by atoms with Crippen LogP contribution in [0.2, 0.25) is 0 Å². The van der Waals surface area contributed by atoms with Gasteiger partial charge in [0.25, 0.3) is 5.91 Å². The van der Waals surface area contributed by atoms with Gasteiger partial charge in [0.1, 0.15) is 0 Å². The molecule has 3 aromatic carbocycles. The predicted molar refractivity (Wildman–Crippen MR) is 152 cm³/mol. The van der Waals surface area contributed by atoms with Crippen LogP contribution in [-0.4, -0.2) is 58.9 Å². The van der Waals surface area contributed by atoms with Gasteiger partial charge in [0.2, 0.25) is 0 Å². The first kappa shape index (κ1) is 26.6. The van der Waals surface area contributed by atoms with Crippen LogP contribution >= 0.6 is 15.9 Å². The molecule has 1 aliphatic heterocycles. The Labute approximate surface area is 225 Å². The normalized spacial score (nSPS) is 19.7. The summed E-state index contributed by atoms with van der Waals surface area (Å²) in [5.74, 6) is 0.103. The zero-order chi connectivity index (χ0) is 25.7. The van der Waals surface area contributed by atoms with E-state index in [0.29, 0.717) is 12.1 Å². The first-order valence-electron chi connectivity index (χ1n) is 13.1. The van der Waals surface area contributed by atoms with Crippen molar-refractivity contribution in [2.24, 2.45) is 0 Å². The van der Waals surface area contributed by atoms with Crippen molar-refractivity contribution in [2.75, 3.05) is 26.2 Å². The molecule has 1 aliphatic rings. The number of carbonyl (C=O) groups is 1. The maximum Gasteiger partial charge on any atom is 0.253 e. The van der Waals surface area contributed by atoms with Crippen molar-refractivity contribution < 1.29 is 4.79 Å². The van der Waals surface area contributed by atoms with Crippen LogP contribution in [0.3, 0.4) is 0 Å². The van der Waals surface area contributed by atoms with E-state index >= 15 is 0 Å². The van der Waals surface area contributed by atoms with Crippen LogP contribution in [0.25, 0.3) is 0 Å². The van der Waals surface area contributed by atoms with E-state index in [2.05, 4.69) is 106 Å². The van der Waals surface area contributed by atoms with Crippen LogP contribution in [0.1, 0.15) is 60.8 Å². The summed E-state index contributed by atoms with van der Waals surface area (Å²) in [5.41, 5.74) is 4.63. The molecule has 0 saturated carbocycles. The van der Waals surface area contributed by atoms with Gasteiger partial charge in [-0.25, -0.2) is 0 Å². The first-order valence-corrected chi connectivity index (χ1v) is 13.9. The topological polar surface area (TPSA) is 26.8 Å².